The van der Waals surface area contributed by atoms with Crippen LogP contribution in [0.3, 0.4) is 0 Å². The Morgan fingerprint density at radius 1 is 1.20 bits per heavy atom. The molecule has 6 nitrogen and oxygen atoms in total. The molecule has 2 saturated heterocycles. The number of hydrogen-bond acceptors (Lipinski definition) is 4. The molecule has 0 aromatic heterocycles. The van der Waals surface area contributed by atoms with E-state index < -0.39 is 5.91 Å². The predicted octanol–water partition coefficient (Wildman–Crippen LogP) is 1.53. The lowest BCUT2D eigenvalue weighted by Gasteiger charge is -2.34. The minimum atomic E-state index is -0.476. The van der Waals surface area contributed by atoms with Crippen LogP contribution in [0.5, 0.6) is 5.75 Å². The summed E-state index contributed by atoms with van der Waals surface area (Å²) in [6.07, 6.45) is 4.52. The molecule has 2 heterocycles. The Labute approximate surface area is 148 Å². The minimum absolute atomic E-state index is 0.106. The average Bonchev–Trinajstić information content (AvgIpc) is 3.21. The molecule has 2 aliphatic rings. The van der Waals surface area contributed by atoms with Crippen LogP contribution < -0.4 is 10.5 Å². The number of hydrogen-bond donors (Lipinski definition) is 1. The summed E-state index contributed by atoms with van der Waals surface area (Å²) in [5.74, 6) is 0.380. The number of ether oxygens (including phenoxy) is 1. The van der Waals surface area contributed by atoms with Gasteiger partial charge in [0.2, 0.25) is 5.91 Å². The first kappa shape index (κ1) is 17.7. The van der Waals surface area contributed by atoms with Crippen molar-refractivity contribution in [2.24, 2.45) is 5.73 Å². The standard InChI is InChI=1S/C19H27N3O3/c1-14(23)22-10-4-8-18(22)17-7-3-9-21(17)12-15-5-2-6-16(11-15)25-13-19(20)24/h2,5-6,11,17-18H,3-4,7-10,12-13H2,1H3,(H2,20,24)/t17-,18-/m1/s1. The Morgan fingerprint density at radius 3 is 2.72 bits per heavy atom. The molecular weight excluding hydrogens is 318 g/mol. The van der Waals surface area contributed by atoms with Crippen LogP contribution >= 0.6 is 0 Å². The molecule has 0 spiro atoms. The monoisotopic (exact) mass is 345 g/mol. The first-order valence-electron chi connectivity index (χ1n) is 9.06. The smallest absolute Gasteiger partial charge is 0.255 e. The van der Waals surface area contributed by atoms with E-state index in [0.717, 1.165) is 44.5 Å². The summed E-state index contributed by atoms with van der Waals surface area (Å²) in [5, 5.41) is 0. The van der Waals surface area contributed by atoms with Gasteiger partial charge in [-0.1, -0.05) is 12.1 Å². The molecule has 2 fully saturated rings. The molecule has 2 atom stereocenters. The maximum absolute atomic E-state index is 11.9. The minimum Gasteiger partial charge on any atom is -0.484 e. The van der Waals surface area contributed by atoms with Crippen molar-refractivity contribution in [2.45, 2.75) is 51.2 Å². The molecule has 0 aliphatic carbocycles. The summed E-state index contributed by atoms with van der Waals surface area (Å²) in [5.41, 5.74) is 6.29. The summed E-state index contributed by atoms with van der Waals surface area (Å²) < 4.78 is 5.40. The van der Waals surface area contributed by atoms with Crippen LogP contribution in [0.15, 0.2) is 24.3 Å². The fourth-order valence-corrected chi connectivity index (χ4v) is 4.19. The van der Waals surface area contributed by atoms with Crippen molar-refractivity contribution < 1.29 is 14.3 Å². The Bertz CT molecular complexity index is 634. The molecule has 0 radical (unpaired) electrons. The number of amides is 2. The maximum atomic E-state index is 11.9. The van der Waals surface area contributed by atoms with Gasteiger partial charge in [0.05, 0.1) is 0 Å². The highest BCUT2D eigenvalue weighted by Crippen LogP contribution is 2.31. The van der Waals surface area contributed by atoms with Crippen LogP contribution in [-0.4, -0.2) is 53.4 Å². The zero-order chi connectivity index (χ0) is 17.8. The molecule has 0 saturated carbocycles. The molecule has 2 aliphatic heterocycles. The Kier molecular flexibility index (Phi) is 5.58. The van der Waals surface area contributed by atoms with Gasteiger partial charge in [-0.3, -0.25) is 14.5 Å². The quantitative estimate of drug-likeness (QED) is 0.848. The second kappa shape index (κ2) is 7.87. The van der Waals surface area contributed by atoms with Gasteiger partial charge in [0.15, 0.2) is 6.61 Å². The van der Waals surface area contributed by atoms with Crippen molar-refractivity contribution in [1.82, 2.24) is 9.80 Å². The Morgan fingerprint density at radius 2 is 1.96 bits per heavy atom. The predicted molar refractivity (Wildman–Crippen MR) is 95.0 cm³/mol. The third-order valence-electron chi connectivity index (χ3n) is 5.23. The van der Waals surface area contributed by atoms with Gasteiger partial charge in [-0.15, -0.1) is 0 Å². The molecule has 2 amide bonds. The number of carbonyl (C=O) groups is 2. The first-order chi connectivity index (χ1) is 12.0. The van der Waals surface area contributed by atoms with Crippen LogP contribution in [0.2, 0.25) is 0 Å². The van der Waals surface area contributed by atoms with Crippen molar-refractivity contribution in [2.75, 3.05) is 19.7 Å². The summed E-state index contributed by atoms with van der Waals surface area (Å²) >= 11 is 0. The second-order valence-corrected chi connectivity index (χ2v) is 7.00. The largest absolute Gasteiger partial charge is 0.484 e. The lowest BCUT2D eigenvalue weighted by molar-refractivity contribution is -0.130. The average molecular weight is 345 g/mol. The summed E-state index contributed by atoms with van der Waals surface area (Å²) in [6, 6.07) is 8.59. The van der Waals surface area contributed by atoms with Gasteiger partial charge in [0.25, 0.3) is 5.91 Å². The van der Waals surface area contributed by atoms with E-state index in [2.05, 4.69) is 15.9 Å². The highest BCUT2D eigenvalue weighted by Gasteiger charge is 2.38. The molecule has 6 heteroatoms. The van der Waals surface area contributed by atoms with Gasteiger partial charge < -0.3 is 15.4 Å². The van der Waals surface area contributed by atoms with Crippen molar-refractivity contribution in [3.63, 3.8) is 0 Å². The molecule has 0 unspecified atom stereocenters. The van der Waals surface area contributed by atoms with Crippen molar-refractivity contribution in [1.29, 1.82) is 0 Å². The van der Waals surface area contributed by atoms with Gasteiger partial charge in [-0.25, -0.2) is 0 Å². The van der Waals surface area contributed by atoms with Crippen molar-refractivity contribution >= 4 is 11.8 Å². The fraction of sp³-hybridized carbons (Fsp3) is 0.579. The highest BCUT2D eigenvalue weighted by molar-refractivity contribution is 5.75. The van der Waals surface area contributed by atoms with Gasteiger partial charge >= 0.3 is 0 Å². The molecule has 1 aromatic rings. The number of nitrogens with two attached hydrogens (primary N) is 1. The molecule has 1 aromatic carbocycles. The number of nitrogens with zero attached hydrogens (tertiary/aromatic N) is 2. The number of rotatable bonds is 6. The molecule has 0 bridgehead atoms. The molecule has 136 valence electrons. The van der Waals surface area contributed by atoms with Crippen LogP contribution in [-0.2, 0) is 16.1 Å². The number of carbonyl (C=O) groups excluding carboxylic acids is 2. The SMILES string of the molecule is CC(=O)N1CCC[C@@H]1[C@H]1CCCN1Cc1cccc(OCC(N)=O)c1. The summed E-state index contributed by atoms with van der Waals surface area (Å²) in [7, 11) is 0. The third kappa shape index (κ3) is 4.31. The van der Waals surface area contributed by atoms with E-state index in [1.165, 1.54) is 6.42 Å². The highest BCUT2D eigenvalue weighted by atomic mass is 16.5. The number of benzene rings is 1. The lowest BCUT2D eigenvalue weighted by atomic mass is 10.0. The van der Waals surface area contributed by atoms with Gasteiger partial charge in [-0.05, 0) is 49.9 Å². The van der Waals surface area contributed by atoms with E-state index in [9.17, 15) is 9.59 Å². The maximum Gasteiger partial charge on any atom is 0.255 e. The van der Waals surface area contributed by atoms with Crippen LogP contribution in [0, 0.1) is 0 Å². The molecular formula is C19H27N3O3. The Hall–Kier alpha value is -2.08. The van der Waals surface area contributed by atoms with Crippen molar-refractivity contribution in [3.05, 3.63) is 29.8 Å². The summed E-state index contributed by atoms with van der Waals surface area (Å²) in [4.78, 5) is 27.3. The van der Waals surface area contributed by atoms with Gasteiger partial charge in [0, 0.05) is 32.1 Å². The zero-order valence-electron chi connectivity index (χ0n) is 14.8. The molecule has 25 heavy (non-hydrogen) atoms. The normalized spacial score (nSPS) is 23.8. The van der Waals surface area contributed by atoms with E-state index in [1.807, 2.05) is 18.2 Å². The van der Waals surface area contributed by atoms with Gasteiger partial charge in [-0.2, -0.15) is 0 Å². The van der Waals surface area contributed by atoms with E-state index in [-0.39, 0.29) is 12.5 Å². The van der Waals surface area contributed by atoms with Gasteiger partial charge in [0.1, 0.15) is 5.75 Å². The number of likely N-dealkylation sites (tertiary alicyclic amines) is 2. The Balaban J connectivity index is 1.66. The number of primary amides is 1. The van der Waals surface area contributed by atoms with E-state index in [1.54, 1.807) is 6.92 Å². The van der Waals surface area contributed by atoms with Crippen LogP contribution in [0.25, 0.3) is 0 Å². The van der Waals surface area contributed by atoms with Crippen LogP contribution in [0.4, 0.5) is 0 Å². The third-order valence-corrected chi connectivity index (χ3v) is 5.23. The fourth-order valence-electron chi connectivity index (χ4n) is 4.19. The van der Waals surface area contributed by atoms with E-state index >= 15 is 0 Å². The van der Waals surface area contributed by atoms with Crippen molar-refractivity contribution in [3.8, 4) is 5.75 Å². The topological polar surface area (TPSA) is 75.9 Å². The van der Waals surface area contributed by atoms with Crippen LogP contribution in [0.1, 0.15) is 38.2 Å². The zero-order valence-corrected chi connectivity index (χ0v) is 14.8. The summed E-state index contributed by atoms with van der Waals surface area (Å²) in [6.45, 7) is 4.35. The van der Waals surface area contributed by atoms with E-state index in [4.69, 9.17) is 10.5 Å². The molecule has 2 N–H and O–H groups in total. The van der Waals surface area contributed by atoms with E-state index in [0.29, 0.717) is 17.8 Å². The molecule has 3 rings (SSSR count). The first-order valence-corrected chi connectivity index (χ1v) is 9.06. The lowest BCUT2D eigenvalue weighted by Crippen LogP contribution is -2.47. The second-order valence-electron chi connectivity index (χ2n) is 7.00.